The van der Waals surface area contributed by atoms with Crippen molar-refractivity contribution in [1.82, 2.24) is 0 Å². The molecule has 0 saturated heterocycles. The molecule has 1 aromatic carbocycles. The average Bonchev–Trinajstić information content (AvgIpc) is 2.47. The number of benzene rings is 1. The monoisotopic (exact) mass is 375 g/mol. The Labute approximate surface area is 164 Å². The molecule has 0 radical (unpaired) electrons. The number of nitrogens with one attached hydrogen (secondary N) is 3. The summed E-state index contributed by atoms with van der Waals surface area (Å²) in [6.45, 7) is 17.7. The maximum Gasteiger partial charge on any atom is 0.229 e. The Morgan fingerprint density at radius 3 is 1.81 bits per heavy atom. The molecule has 0 saturated carbocycles. The van der Waals surface area contributed by atoms with Crippen LogP contribution in [-0.2, 0) is 9.59 Å². The molecule has 3 N–H and O–H groups in total. The van der Waals surface area contributed by atoms with E-state index in [2.05, 4.69) is 36.7 Å². The van der Waals surface area contributed by atoms with E-state index in [1.807, 2.05) is 59.7 Å². The molecule has 0 aliphatic carbocycles. The summed E-state index contributed by atoms with van der Waals surface area (Å²) in [5.41, 5.74) is 1.07. The largest absolute Gasteiger partial charge is 0.378 e. The van der Waals surface area contributed by atoms with E-state index in [0.29, 0.717) is 11.4 Å². The smallest absolute Gasteiger partial charge is 0.229 e. The highest BCUT2D eigenvalue weighted by Gasteiger charge is 2.25. The number of carbonyl (C=O) groups is 2. The van der Waals surface area contributed by atoms with Crippen LogP contribution < -0.4 is 16.0 Å². The van der Waals surface area contributed by atoms with E-state index < -0.39 is 10.8 Å². The topological polar surface area (TPSA) is 70.2 Å². The van der Waals surface area contributed by atoms with Crippen molar-refractivity contribution < 1.29 is 9.59 Å². The zero-order valence-electron chi connectivity index (χ0n) is 18.5. The van der Waals surface area contributed by atoms with Gasteiger partial charge in [0, 0.05) is 22.1 Å². The summed E-state index contributed by atoms with van der Waals surface area (Å²) in [7, 11) is 0. The van der Waals surface area contributed by atoms with Gasteiger partial charge in [-0.1, -0.05) is 54.9 Å². The van der Waals surface area contributed by atoms with Crippen LogP contribution in [0.25, 0.3) is 0 Å². The van der Waals surface area contributed by atoms with Gasteiger partial charge in [0.15, 0.2) is 0 Å². The summed E-state index contributed by atoms with van der Waals surface area (Å²) in [5.74, 6) is -0.138. The zero-order valence-corrected chi connectivity index (χ0v) is 18.5. The van der Waals surface area contributed by atoms with Crippen LogP contribution in [0.1, 0.15) is 75.2 Å². The molecular formula is C22H37N3O2. The fourth-order valence-corrected chi connectivity index (χ4v) is 2.51. The minimum atomic E-state index is -0.513. The van der Waals surface area contributed by atoms with Crippen molar-refractivity contribution in [2.75, 3.05) is 16.0 Å². The van der Waals surface area contributed by atoms with Gasteiger partial charge in [0.25, 0.3) is 0 Å². The van der Waals surface area contributed by atoms with Crippen molar-refractivity contribution >= 4 is 28.9 Å². The van der Waals surface area contributed by atoms with Crippen LogP contribution in [0.2, 0.25) is 0 Å². The molecule has 5 heteroatoms. The minimum Gasteiger partial charge on any atom is -0.378 e. The molecule has 1 rings (SSSR count). The molecule has 1 aromatic rings. The predicted molar refractivity (Wildman–Crippen MR) is 115 cm³/mol. The number of hydrogen-bond acceptors (Lipinski definition) is 3. The van der Waals surface area contributed by atoms with E-state index in [-0.39, 0.29) is 17.4 Å². The molecule has 2 amide bonds. The third-order valence-corrected chi connectivity index (χ3v) is 4.24. The third-order valence-electron chi connectivity index (χ3n) is 4.24. The van der Waals surface area contributed by atoms with E-state index in [1.54, 1.807) is 0 Å². The van der Waals surface area contributed by atoms with E-state index in [1.165, 1.54) is 0 Å². The second kappa shape index (κ2) is 8.32. The predicted octanol–water partition coefficient (Wildman–Crippen LogP) is 5.65. The van der Waals surface area contributed by atoms with E-state index in [0.717, 1.165) is 18.5 Å². The molecule has 27 heavy (non-hydrogen) atoms. The van der Waals surface area contributed by atoms with E-state index >= 15 is 0 Å². The van der Waals surface area contributed by atoms with E-state index in [9.17, 15) is 9.59 Å². The fraction of sp³-hybridized carbons (Fsp3) is 0.636. The molecule has 5 nitrogen and oxygen atoms in total. The molecule has 0 heterocycles. The van der Waals surface area contributed by atoms with Crippen LogP contribution >= 0.6 is 0 Å². The Hall–Kier alpha value is -2.04. The molecule has 152 valence electrons. The molecule has 0 bridgehead atoms. The lowest BCUT2D eigenvalue weighted by atomic mass is 9.95. The van der Waals surface area contributed by atoms with Crippen molar-refractivity contribution in [3.63, 3.8) is 0 Å². The minimum absolute atomic E-state index is 0.0670. The highest BCUT2D eigenvalue weighted by atomic mass is 16.2. The van der Waals surface area contributed by atoms with Crippen LogP contribution in [0.15, 0.2) is 18.2 Å². The maximum absolute atomic E-state index is 12.5. The first-order chi connectivity index (χ1) is 12.2. The SMILES string of the molecule is CCCC(C)(C)Nc1ccc(NC(=O)C(C)(C)C)cc1NC(=O)C(C)(C)C. The standard InChI is InChI=1S/C22H37N3O2/c1-10-13-22(8,9)25-16-12-11-15(23-18(26)20(2,3)4)14-17(16)24-19(27)21(5,6)7/h11-12,14,25H,10,13H2,1-9H3,(H,23,26)(H,24,27). The summed E-state index contributed by atoms with van der Waals surface area (Å²) in [6.07, 6.45) is 2.06. The lowest BCUT2D eigenvalue weighted by Crippen LogP contribution is -2.32. The quantitative estimate of drug-likeness (QED) is 0.602. The van der Waals surface area contributed by atoms with Gasteiger partial charge in [0.2, 0.25) is 11.8 Å². The summed E-state index contributed by atoms with van der Waals surface area (Å²) in [4.78, 5) is 24.9. The average molecular weight is 376 g/mol. The van der Waals surface area contributed by atoms with Crippen LogP contribution in [0.5, 0.6) is 0 Å². The first-order valence-corrected chi connectivity index (χ1v) is 9.71. The van der Waals surface area contributed by atoms with Crippen molar-refractivity contribution in [1.29, 1.82) is 0 Å². The Morgan fingerprint density at radius 2 is 1.33 bits per heavy atom. The zero-order chi connectivity index (χ0) is 21.0. The number of amides is 2. The highest BCUT2D eigenvalue weighted by molar-refractivity contribution is 6.00. The Kier molecular flexibility index (Phi) is 7.09. The maximum atomic E-state index is 12.5. The van der Waals surface area contributed by atoms with Crippen molar-refractivity contribution in [3.05, 3.63) is 18.2 Å². The highest BCUT2D eigenvalue weighted by Crippen LogP contribution is 2.32. The van der Waals surface area contributed by atoms with Gasteiger partial charge in [-0.3, -0.25) is 9.59 Å². The Morgan fingerprint density at radius 1 is 0.815 bits per heavy atom. The summed E-state index contributed by atoms with van der Waals surface area (Å²) < 4.78 is 0. The van der Waals surface area contributed by atoms with Crippen LogP contribution in [0.3, 0.4) is 0 Å². The molecule has 0 aromatic heterocycles. The fourth-order valence-electron chi connectivity index (χ4n) is 2.51. The number of hydrogen-bond donors (Lipinski definition) is 3. The molecule has 0 spiro atoms. The van der Waals surface area contributed by atoms with Crippen LogP contribution in [0, 0.1) is 10.8 Å². The molecule has 0 aliphatic heterocycles. The van der Waals surface area contributed by atoms with Gasteiger partial charge in [0.05, 0.1) is 11.4 Å². The number of rotatable bonds is 6. The molecule has 0 aliphatic rings. The van der Waals surface area contributed by atoms with E-state index in [4.69, 9.17) is 0 Å². The first-order valence-electron chi connectivity index (χ1n) is 9.71. The molecular weight excluding hydrogens is 338 g/mol. The summed E-state index contributed by atoms with van der Waals surface area (Å²) >= 11 is 0. The Balaban J connectivity index is 3.22. The third kappa shape index (κ3) is 7.24. The van der Waals surface area contributed by atoms with Gasteiger partial charge in [-0.15, -0.1) is 0 Å². The molecule has 0 atom stereocenters. The van der Waals surface area contributed by atoms with Crippen molar-refractivity contribution in [3.8, 4) is 0 Å². The molecule has 0 fully saturated rings. The first kappa shape index (κ1) is 23.0. The second-order valence-electron chi connectivity index (χ2n) is 9.93. The normalized spacial score (nSPS) is 12.5. The van der Waals surface area contributed by atoms with Gasteiger partial charge in [-0.05, 0) is 38.5 Å². The lowest BCUT2D eigenvalue weighted by molar-refractivity contribution is -0.123. The van der Waals surface area contributed by atoms with Crippen molar-refractivity contribution in [2.24, 2.45) is 10.8 Å². The van der Waals surface area contributed by atoms with Gasteiger partial charge < -0.3 is 16.0 Å². The van der Waals surface area contributed by atoms with Gasteiger partial charge >= 0.3 is 0 Å². The second-order valence-corrected chi connectivity index (χ2v) is 9.93. The Bertz CT molecular complexity index is 680. The van der Waals surface area contributed by atoms with Gasteiger partial charge in [-0.25, -0.2) is 0 Å². The lowest BCUT2D eigenvalue weighted by Gasteiger charge is -2.29. The molecule has 0 unspecified atom stereocenters. The number of carbonyl (C=O) groups excluding carboxylic acids is 2. The van der Waals surface area contributed by atoms with Gasteiger partial charge in [0.1, 0.15) is 0 Å². The van der Waals surface area contributed by atoms with Crippen molar-refractivity contribution in [2.45, 2.75) is 80.7 Å². The van der Waals surface area contributed by atoms with Gasteiger partial charge in [-0.2, -0.15) is 0 Å². The van der Waals surface area contributed by atoms with Crippen LogP contribution in [-0.4, -0.2) is 17.4 Å². The number of anilines is 3. The van der Waals surface area contributed by atoms with Crippen LogP contribution in [0.4, 0.5) is 17.1 Å². The summed E-state index contributed by atoms with van der Waals surface area (Å²) in [6, 6.07) is 5.59. The summed E-state index contributed by atoms with van der Waals surface area (Å²) in [5, 5.41) is 9.47.